The molecular weight excluding hydrogens is 685 g/mol. The normalized spacial score (nSPS) is 25.8. The van der Waals surface area contributed by atoms with Crippen LogP contribution in [0.2, 0.25) is 0 Å². The van der Waals surface area contributed by atoms with Crippen LogP contribution in [0, 0.1) is 37.5 Å². The van der Waals surface area contributed by atoms with Crippen LogP contribution >= 0.6 is 0 Å². The number of fused-ring (bicyclic) bond motifs is 4. The number of aryl methyl sites for hydroxylation is 2. The second kappa shape index (κ2) is 13.2. The van der Waals surface area contributed by atoms with Crippen LogP contribution in [0.15, 0.2) is 145 Å². The summed E-state index contributed by atoms with van der Waals surface area (Å²) in [5, 5.41) is 14.3. The first-order valence-electron chi connectivity index (χ1n) is 18.9. The summed E-state index contributed by atoms with van der Waals surface area (Å²) >= 11 is 0. The van der Waals surface area contributed by atoms with Gasteiger partial charge in [-0.1, -0.05) is 103 Å². The fourth-order valence-electron chi connectivity index (χ4n) is 10.0. The van der Waals surface area contributed by atoms with Crippen LogP contribution in [-0.2, 0) is 24.6 Å². The van der Waals surface area contributed by atoms with Gasteiger partial charge in [0, 0.05) is 28.8 Å². The third-order valence-corrected chi connectivity index (χ3v) is 12.4. The monoisotopic (exact) mass is 724 g/mol. The standard InChI is InChI=1S/C48H40N2O5/c1-28-24-31(25-29(2)44(28)52)43-36-22-23-37-42(47(55)50(46(37)54)35-20-18-34(19-21-35)49-33-16-10-5-11-17-33)39(36)26-40-45(53)38(30-12-6-3-7-13-30)27-41(51)48(40,43)32-14-8-4-9-15-32/h3-22,24-25,27,37,39-40,42-43,49,52H,23,26H2,1-2H3/t37-,39+,40-,42-,43-,48-/m0/s1. The Hall–Kier alpha value is -6.34. The summed E-state index contributed by atoms with van der Waals surface area (Å²) in [6.07, 6.45) is 4.17. The number of phenolic OH excluding ortho intramolecular Hbond substituents is 1. The minimum absolute atomic E-state index is 0.150. The first kappa shape index (κ1) is 34.4. The Morgan fingerprint density at radius 3 is 1.96 bits per heavy atom. The number of allylic oxidation sites excluding steroid dienone is 4. The van der Waals surface area contributed by atoms with E-state index in [1.807, 2.05) is 129 Å². The van der Waals surface area contributed by atoms with E-state index < -0.39 is 35.0 Å². The highest BCUT2D eigenvalue weighted by Crippen LogP contribution is 2.64. The van der Waals surface area contributed by atoms with Crippen molar-refractivity contribution in [1.29, 1.82) is 0 Å². The maximum atomic E-state index is 15.3. The van der Waals surface area contributed by atoms with Gasteiger partial charge < -0.3 is 10.4 Å². The van der Waals surface area contributed by atoms with E-state index >= 15 is 9.59 Å². The summed E-state index contributed by atoms with van der Waals surface area (Å²) in [7, 11) is 0. The number of hydrogen-bond donors (Lipinski definition) is 2. The van der Waals surface area contributed by atoms with E-state index in [2.05, 4.69) is 11.4 Å². The Labute approximate surface area is 320 Å². The van der Waals surface area contributed by atoms with E-state index in [-0.39, 0.29) is 35.6 Å². The van der Waals surface area contributed by atoms with Crippen molar-refractivity contribution in [2.45, 2.75) is 38.0 Å². The molecule has 0 bridgehead atoms. The van der Waals surface area contributed by atoms with E-state index in [1.165, 1.54) is 11.0 Å². The van der Waals surface area contributed by atoms with E-state index in [0.29, 0.717) is 34.4 Å². The number of phenols is 1. The predicted octanol–water partition coefficient (Wildman–Crippen LogP) is 8.78. The molecule has 0 unspecified atom stereocenters. The Morgan fingerprint density at radius 1 is 0.709 bits per heavy atom. The molecule has 5 aromatic rings. The molecule has 1 heterocycles. The van der Waals surface area contributed by atoms with Crippen LogP contribution in [0.25, 0.3) is 5.57 Å². The Kier molecular flexibility index (Phi) is 8.26. The first-order valence-corrected chi connectivity index (χ1v) is 18.9. The topological polar surface area (TPSA) is 104 Å². The minimum atomic E-state index is -1.32. The van der Waals surface area contributed by atoms with Crippen LogP contribution in [0.5, 0.6) is 5.75 Å². The van der Waals surface area contributed by atoms with E-state index in [1.54, 1.807) is 12.1 Å². The molecule has 2 amide bonds. The summed E-state index contributed by atoms with van der Waals surface area (Å²) in [6.45, 7) is 3.67. The van der Waals surface area contributed by atoms with Gasteiger partial charge in [-0.3, -0.25) is 24.1 Å². The lowest BCUT2D eigenvalue weighted by atomic mass is 9.44. The van der Waals surface area contributed by atoms with Crippen molar-refractivity contribution < 1.29 is 24.3 Å². The highest BCUT2D eigenvalue weighted by molar-refractivity contribution is 6.32. The van der Waals surface area contributed by atoms with E-state index in [0.717, 1.165) is 28.1 Å². The van der Waals surface area contributed by atoms with Gasteiger partial charge in [0.05, 0.1) is 22.9 Å². The van der Waals surface area contributed by atoms with Crippen LogP contribution in [-0.4, -0.2) is 28.5 Å². The molecule has 2 fully saturated rings. The Bertz CT molecular complexity index is 2410. The fraction of sp³-hybridized carbons (Fsp3) is 0.208. The highest BCUT2D eigenvalue weighted by atomic mass is 16.3. The fourth-order valence-corrected chi connectivity index (χ4v) is 10.0. The third-order valence-electron chi connectivity index (χ3n) is 12.4. The molecule has 5 aromatic carbocycles. The van der Waals surface area contributed by atoms with Crippen molar-refractivity contribution in [1.82, 2.24) is 0 Å². The molecule has 6 atom stereocenters. The average Bonchev–Trinajstić information content (AvgIpc) is 3.47. The molecule has 0 spiro atoms. The molecule has 7 heteroatoms. The maximum absolute atomic E-state index is 15.3. The lowest BCUT2D eigenvalue weighted by Crippen LogP contribution is -2.58. The summed E-state index contributed by atoms with van der Waals surface area (Å²) < 4.78 is 0. The number of benzene rings is 5. The number of hydrogen-bond acceptors (Lipinski definition) is 6. The van der Waals surface area contributed by atoms with E-state index in [4.69, 9.17) is 0 Å². The van der Waals surface area contributed by atoms with Crippen LogP contribution < -0.4 is 10.2 Å². The van der Waals surface area contributed by atoms with Crippen molar-refractivity contribution in [3.8, 4) is 5.75 Å². The minimum Gasteiger partial charge on any atom is -0.507 e. The van der Waals surface area contributed by atoms with Gasteiger partial charge in [0.2, 0.25) is 11.8 Å². The number of nitrogens with zero attached hydrogens (tertiary/aromatic N) is 1. The second-order valence-corrected chi connectivity index (χ2v) is 15.3. The molecule has 2 N–H and O–H groups in total. The number of carbonyl (C=O) groups is 4. The number of ketones is 2. The van der Waals surface area contributed by atoms with Crippen molar-refractivity contribution in [3.63, 3.8) is 0 Å². The van der Waals surface area contributed by atoms with E-state index in [9.17, 15) is 14.7 Å². The zero-order valence-corrected chi connectivity index (χ0v) is 30.6. The quantitative estimate of drug-likeness (QED) is 0.134. The molecule has 55 heavy (non-hydrogen) atoms. The first-order chi connectivity index (χ1) is 26.7. The number of para-hydroxylation sites is 1. The molecule has 272 valence electrons. The number of carbonyl (C=O) groups excluding carboxylic acids is 4. The zero-order chi connectivity index (χ0) is 38.0. The average molecular weight is 725 g/mol. The predicted molar refractivity (Wildman–Crippen MR) is 213 cm³/mol. The van der Waals surface area contributed by atoms with Crippen molar-refractivity contribution >= 4 is 46.0 Å². The van der Waals surface area contributed by atoms with Crippen molar-refractivity contribution in [2.75, 3.05) is 10.2 Å². The number of rotatable bonds is 6. The number of aromatic hydroxyl groups is 1. The third kappa shape index (κ3) is 5.32. The molecule has 0 radical (unpaired) electrons. The highest BCUT2D eigenvalue weighted by Gasteiger charge is 2.66. The lowest BCUT2D eigenvalue weighted by molar-refractivity contribution is -0.135. The van der Waals surface area contributed by atoms with Gasteiger partial charge in [0.15, 0.2) is 11.6 Å². The van der Waals surface area contributed by atoms with Crippen molar-refractivity contribution in [2.24, 2.45) is 23.7 Å². The van der Waals surface area contributed by atoms with Crippen LogP contribution in [0.3, 0.4) is 0 Å². The molecule has 1 aliphatic heterocycles. The van der Waals surface area contributed by atoms with Gasteiger partial charge in [-0.15, -0.1) is 0 Å². The molecule has 3 aliphatic carbocycles. The summed E-state index contributed by atoms with van der Waals surface area (Å²) in [6, 6.07) is 39.7. The van der Waals surface area contributed by atoms with Gasteiger partial charge in [-0.25, -0.2) is 0 Å². The molecule has 0 aromatic heterocycles. The summed E-state index contributed by atoms with van der Waals surface area (Å²) in [5.74, 6) is -3.94. The molecule has 1 saturated heterocycles. The molecule has 9 rings (SSSR count). The molecule has 4 aliphatic rings. The van der Waals surface area contributed by atoms with Gasteiger partial charge in [-0.05, 0) is 103 Å². The maximum Gasteiger partial charge on any atom is 0.238 e. The number of Topliss-reactive ketones (excluding diaryl/α,β-unsaturated/α-hetero) is 1. The second-order valence-electron chi connectivity index (χ2n) is 15.3. The van der Waals surface area contributed by atoms with Gasteiger partial charge in [0.25, 0.3) is 0 Å². The summed E-state index contributed by atoms with van der Waals surface area (Å²) in [4.78, 5) is 60.8. The van der Waals surface area contributed by atoms with Gasteiger partial charge >= 0.3 is 0 Å². The number of imide groups is 1. The van der Waals surface area contributed by atoms with Gasteiger partial charge in [-0.2, -0.15) is 0 Å². The SMILES string of the molecule is Cc1cc([C@H]2C3=CC[C@@H]4C(=O)N(c5ccc(Nc6ccccc6)cc5)C(=O)[C@@H]4[C@@H]3C[C@H]3C(=O)C(c4ccccc4)=CC(=O)[C@@]23c2ccccc2)cc(C)c1O. The smallest absolute Gasteiger partial charge is 0.238 e. The number of nitrogens with one attached hydrogen (secondary N) is 1. The number of anilines is 3. The van der Waals surface area contributed by atoms with Gasteiger partial charge in [0.1, 0.15) is 5.75 Å². The number of amides is 2. The molecular formula is C48H40N2O5. The lowest BCUT2D eigenvalue weighted by Gasteiger charge is -2.55. The zero-order valence-electron chi connectivity index (χ0n) is 30.6. The Morgan fingerprint density at radius 2 is 1.31 bits per heavy atom. The van der Waals surface area contributed by atoms with Crippen LogP contribution in [0.1, 0.15) is 46.6 Å². The Balaban J connectivity index is 1.19. The molecule has 1 saturated carbocycles. The largest absolute Gasteiger partial charge is 0.507 e. The van der Waals surface area contributed by atoms with Crippen LogP contribution in [0.4, 0.5) is 17.1 Å². The summed E-state index contributed by atoms with van der Waals surface area (Å²) in [5.41, 5.74) is 5.69. The van der Waals surface area contributed by atoms with Crippen molar-refractivity contribution in [3.05, 3.63) is 173 Å². The molecule has 7 nitrogen and oxygen atoms in total.